The van der Waals surface area contributed by atoms with Gasteiger partial charge in [-0.3, -0.25) is 14.5 Å². The lowest BCUT2D eigenvalue weighted by Gasteiger charge is -2.35. The number of hydrogen-bond donors (Lipinski definition) is 0. The molecule has 1 fully saturated rings. The Balaban J connectivity index is 2.82. The van der Waals surface area contributed by atoms with Crippen LogP contribution in [0.4, 0.5) is 0 Å². The van der Waals surface area contributed by atoms with Crippen molar-refractivity contribution >= 4 is 11.8 Å². The first kappa shape index (κ1) is 13.2. The summed E-state index contributed by atoms with van der Waals surface area (Å²) in [7, 11) is 0. The molecule has 92 valence electrons. The summed E-state index contributed by atoms with van der Waals surface area (Å²) >= 11 is 0. The Hall–Kier alpha value is -0.860. The predicted molar refractivity (Wildman–Crippen MR) is 63.9 cm³/mol. The molecule has 0 spiro atoms. The third-order valence-corrected chi connectivity index (χ3v) is 3.14. The summed E-state index contributed by atoms with van der Waals surface area (Å²) in [6.45, 7) is 7.11. The highest BCUT2D eigenvalue weighted by atomic mass is 16.2. The average molecular weight is 225 g/mol. The fraction of sp³-hybridized carbons (Fsp3) is 0.846. The van der Waals surface area contributed by atoms with Gasteiger partial charge in [-0.05, 0) is 12.8 Å². The monoisotopic (exact) mass is 225 g/mol. The summed E-state index contributed by atoms with van der Waals surface area (Å²) in [4.78, 5) is 25.3. The van der Waals surface area contributed by atoms with Crippen LogP contribution in [0.1, 0.15) is 59.8 Å². The summed E-state index contributed by atoms with van der Waals surface area (Å²) in [5, 5.41) is 0. The molecule has 0 bridgehead atoms. The van der Waals surface area contributed by atoms with Crippen molar-refractivity contribution in [1.82, 2.24) is 4.90 Å². The number of nitrogens with zero attached hydrogens (tertiary/aromatic N) is 1. The maximum absolute atomic E-state index is 12.2. The Kier molecular flexibility index (Phi) is 4.11. The lowest BCUT2D eigenvalue weighted by atomic mass is 9.89. The highest BCUT2D eigenvalue weighted by Gasteiger charge is 2.34. The number of amides is 2. The van der Waals surface area contributed by atoms with Gasteiger partial charge in [0.2, 0.25) is 11.8 Å². The van der Waals surface area contributed by atoms with Gasteiger partial charge < -0.3 is 0 Å². The van der Waals surface area contributed by atoms with E-state index in [1.165, 1.54) is 18.2 Å². The first-order chi connectivity index (χ1) is 7.34. The summed E-state index contributed by atoms with van der Waals surface area (Å²) < 4.78 is 0. The van der Waals surface area contributed by atoms with Crippen LogP contribution < -0.4 is 0 Å². The zero-order valence-corrected chi connectivity index (χ0v) is 10.9. The number of rotatable bonds is 1. The van der Waals surface area contributed by atoms with Gasteiger partial charge in [0.05, 0.1) is 0 Å². The van der Waals surface area contributed by atoms with Crippen LogP contribution in [-0.2, 0) is 9.59 Å². The van der Waals surface area contributed by atoms with Crippen molar-refractivity contribution in [3.8, 4) is 0 Å². The van der Waals surface area contributed by atoms with E-state index in [2.05, 4.69) is 0 Å². The summed E-state index contributed by atoms with van der Waals surface area (Å²) in [5.41, 5.74) is -0.469. The van der Waals surface area contributed by atoms with Crippen molar-refractivity contribution < 1.29 is 9.59 Å². The quantitative estimate of drug-likeness (QED) is 0.688. The summed E-state index contributed by atoms with van der Waals surface area (Å²) in [6.07, 6.45) is 5.44. The summed E-state index contributed by atoms with van der Waals surface area (Å²) in [6, 6.07) is 0.137. The van der Waals surface area contributed by atoms with Gasteiger partial charge in [-0.2, -0.15) is 0 Å². The minimum Gasteiger partial charge on any atom is -0.279 e. The number of carbonyl (C=O) groups excluding carboxylic acids is 2. The van der Waals surface area contributed by atoms with Crippen LogP contribution in [0.5, 0.6) is 0 Å². The van der Waals surface area contributed by atoms with Gasteiger partial charge in [-0.25, -0.2) is 0 Å². The maximum Gasteiger partial charge on any atom is 0.234 e. The Labute approximate surface area is 98.2 Å². The van der Waals surface area contributed by atoms with Crippen molar-refractivity contribution in [3.05, 3.63) is 0 Å². The molecule has 3 heteroatoms. The van der Waals surface area contributed by atoms with Crippen molar-refractivity contribution in [2.45, 2.75) is 65.8 Å². The predicted octanol–water partition coefficient (Wildman–Crippen LogP) is 2.74. The van der Waals surface area contributed by atoms with E-state index in [1.54, 1.807) is 0 Å². The SMILES string of the molecule is CC(=O)N(C(=O)C(C)(C)C)C1CCCCC1. The molecule has 1 aliphatic carbocycles. The molecule has 0 aromatic carbocycles. The second kappa shape index (κ2) is 4.98. The molecule has 0 aromatic rings. The smallest absolute Gasteiger partial charge is 0.234 e. The Morgan fingerprint density at radius 2 is 1.56 bits per heavy atom. The largest absolute Gasteiger partial charge is 0.279 e. The van der Waals surface area contributed by atoms with Gasteiger partial charge >= 0.3 is 0 Å². The Bertz CT molecular complexity index is 272. The van der Waals surface area contributed by atoms with E-state index in [0.717, 1.165) is 25.7 Å². The molecule has 0 heterocycles. The van der Waals surface area contributed by atoms with Crippen LogP contribution in [0, 0.1) is 5.41 Å². The highest BCUT2D eigenvalue weighted by molar-refractivity contribution is 5.97. The van der Waals surface area contributed by atoms with E-state index < -0.39 is 5.41 Å². The number of hydrogen-bond acceptors (Lipinski definition) is 2. The van der Waals surface area contributed by atoms with Gasteiger partial charge in [-0.1, -0.05) is 40.0 Å². The van der Waals surface area contributed by atoms with Crippen molar-refractivity contribution in [2.24, 2.45) is 5.41 Å². The van der Waals surface area contributed by atoms with Crippen LogP contribution in [0.15, 0.2) is 0 Å². The molecule has 1 saturated carbocycles. The number of carbonyl (C=O) groups is 2. The molecule has 0 aromatic heterocycles. The fourth-order valence-corrected chi connectivity index (χ4v) is 2.27. The molecule has 2 amide bonds. The highest BCUT2D eigenvalue weighted by Crippen LogP contribution is 2.27. The van der Waals surface area contributed by atoms with Crippen LogP contribution in [0.3, 0.4) is 0 Å². The molecule has 1 aliphatic rings. The topological polar surface area (TPSA) is 37.4 Å². The summed E-state index contributed by atoms with van der Waals surface area (Å²) in [5.74, 6) is -0.140. The minimum atomic E-state index is -0.469. The molecule has 0 saturated heterocycles. The lowest BCUT2D eigenvalue weighted by molar-refractivity contribution is -0.152. The zero-order chi connectivity index (χ0) is 12.3. The average Bonchev–Trinajstić information content (AvgIpc) is 2.17. The molecular formula is C13H23NO2. The molecule has 16 heavy (non-hydrogen) atoms. The fourth-order valence-electron chi connectivity index (χ4n) is 2.27. The van der Waals surface area contributed by atoms with Crippen molar-refractivity contribution in [3.63, 3.8) is 0 Å². The van der Waals surface area contributed by atoms with Crippen LogP contribution >= 0.6 is 0 Å². The van der Waals surface area contributed by atoms with Crippen LogP contribution in [-0.4, -0.2) is 22.8 Å². The third-order valence-electron chi connectivity index (χ3n) is 3.14. The van der Waals surface area contributed by atoms with Crippen LogP contribution in [0.2, 0.25) is 0 Å². The van der Waals surface area contributed by atoms with E-state index in [0.29, 0.717) is 0 Å². The van der Waals surface area contributed by atoms with Crippen LogP contribution in [0.25, 0.3) is 0 Å². The van der Waals surface area contributed by atoms with E-state index >= 15 is 0 Å². The molecule has 1 rings (SSSR count). The van der Waals surface area contributed by atoms with Gasteiger partial charge in [0, 0.05) is 18.4 Å². The first-order valence-corrected chi connectivity index (χ1v) is 6.18. The Morgan fingerprint density at radius 3 is 1.94 bits per heavy atom. The second-order valence-electron chi connectivity index (χ2n) is 5.74. The first-order valence-electron chi connectivity index (χ1n) is 6.18. The maximum atomic E-state index is 12.2. The molecule has 0 radical (unpaired) electrons. The molecule has 0 N–H and O–H groups in total. The molecule has 3 nitrogen and oxygen atoms in total. The van der Waals surface area contributed by atoms with Gasteiger partial charge in [0.1, 0.15) is 0 Å². The van der Waals surface area contributed by atoms with Gasteiger partial charge in [0.15, 0.2) is 0 Å². The van der Waals surface area contributed by atoms with Crippen molar-refractivity contribution in [2.75, 3.05) is 0 Å². The molecule has 0 atom stereocenters. The molecule has 0 unspecified atom stereocenters. The van der Waals surface area contributed by atoms with E-state index in [1.807, 2.05) is 20.8 Å². The molecule has 0 aliphatic heterocycles. The van der Waals surface area contributed by atoms with Gasteiger partial charge in [-0.15, -0.1) is 0 Å². The van der Waals surface area contributed by atoms with Crippen molar-refractivity contribution in [1.29, 1.82) is 0 Å². The van der Waals surface area contributed by atoms with E-state index in [-0.39, 0.29) is 17.9 Å². The zero-order valence-electron chi connectivity index (χ0n) is 10.9. The second-order valence-corrected chi connectivity index (χ2v) is 5.74. The normalized spacial score (nSPS) is 18.2. The van der Waals surface area contributed by atoms with E-state index in [4.69, 9.17) is 0 Å². The standard InChI is InChI=1S/C13H23NO2/c1-10(15)14(12(16)13(2,3)4)11-8-6-5-7-9-11/h11H,5-9H2,1-4H3. The third kappa shape index (κ3) is 3.06. The number of imide groups is 1. The van der Waals surface area contributed by atoms with Gasteiger partial charge in [0.25, 0.3) is 0 Å². The minimum absolute atomic E-state index is 0.0353. The Morgan fingerprint density at radius 1 is 1.06 bits per heavy atom. The molecular weight excluding hydrogens is 202 g/mol. The lowest BCUT2D eigenvalue weighted by Crippen LogP contribution is -2.49. The van der Waals surface area contributed by atoms with E-state index in [9.17, 15) is 9.59 Å².